The van der Waals surface area contributed by atoms with E-state index in [9.17, 15) is 4.79 Å². The molecule has 0 saturated carbocycles. The average molecular weight is 168 g/mol. The predicted octanol–water partition coefficient (Wildman–Crippen LogP) is -0.649. The number of hydrogen-bond acceptors (Lipinski definition) is 3. The fraction of sp³-hybridized carbons (Fsp3) is 0.714. The Labute approximate surface area is 70.6 Å². The summed E-state index contributed by atoms with van der Waals surface area (Å²) in [7, 11) is 0. The van der Waals surface area contributed by atoms with Crippen LogP contribution >= 0.6 is 0 Å². The molecule has 2 heterocycles. The molecule has 2 amide bonds. The molecule has 0 aliphatic carbocycles. The fourth-order valence-electron chi connectivity index (χ4n) is 1.80. The van der Waals surface area contributed by atoms with Crippen LogP contribution in [0, 0.1) is 5.41 Å². The first-order valence-electron chi connectivity index (χ1n) is 4.09. The molecule has 2 aliphatic rings. The second-order valence-electron chi connectivity index (χ2n) is 3.18. The highest BCUT2D eigenvalue weighted by Crippen LogP contribution is 2.25. The van der Waals surface area contributed by atoms with Crippen molar-refractivity contribution < 1.29 is 4.79 Å². The quantitative estimate of drug-likeness (QED) is 0.487. The Morgan fingerprint density at radius 3 is 2.67 bits per heavy atom. The van der Waals surface area contributed by atoms with Gasteiger partial charge in [0.2, 0.25) is 0 Å². The lowest BCUT2D eigenvalue weighted by Crippen LogP contribution is -2.70. The van der Waals surface area contributed by atoms with Crippen molar-refractivity contribution in [3.8, 4) is 0 Å². The zero-order valence-corrected chi connectivity index (χ0v) is 6.98. The van der Waals surface area contributed by atoms with E-state index in [0.29, 0.717) is 25.5 Å². The van der Waals surface area contributed by atoms with E-state index in [2.05, 4.69) is 10.6 Å². The van der Waals surface area contributed by atoms with Gasteiger partial charge in [-0.25, -0.2) is 4.79 Å². The lowest BCUT2D eigenvalue weighted by atomic mass is 9.90. The summed E-state index contributed by atoms with van der Waals surface area (Å²) >= 11 is 0. The lowest BCUT2D eigenvalue weighted by Gasteiger charge is -2.43. The number of amidine groups is 1. The Kier molecular flexibility index (Phi) is 1.38. The molecule has 5 heteroatoms. The second kappa shape index (κ2) is 2.20. The Morgan fingerprint density at radius 2 is 2.33 bits per heavy atom. The summed E-state index contributed by atoms with van der Waals surface area (Å²) in [5, 5.41) is 13.2. The minimum absolute atomic E-state index is 0.135. The van der Waals surface area contributed by atoms with Crippen LogP contribution in [0.4, 0.5) is 4.79 Å². The van der Waals surface area contributed by atoms with E-state index in [1.54, 1.807) is 4.90 Å². The van der Waals surface area contributed by atoms with Crippen LogP contribution in [0.15, 0.2) is 0 Å². The van der Waals surface area contributed by atoms with Gasteiger partial charge in [-0.1, -0.05) is 0 Å². The first-order valence-corrected chi connectivity index (χ1v) is 4.09. The van der Waals surface area contributed by atoms with Crippen LogP contribution in [0.3, 0.4) is 0 Å². The number of carbonyl (C=O) groups is 1. The first-order chi connectivity index (χ1) is 5.70. The van der Waals surface area contributed by atoms with Gasteiger partial charge in [0.05, 0.1) is 0 Å². The number of likely N-dealkylation sites (N-methyl/N-ethyl adjacent to an activating group) is 1. The van der Waals surface area contributed by atoms with Gasteiger partial charge in [-0.15, -0.1) is 0 Å². The number of urea groups is 1. The molecule has 0 unspecified atom stereocenters. The lowest BCUT2D eigenvalue weighted by molar-refractivity contribution is 0.141. The summed E-state index contributed by atoms with van der Waals surface area (Å²) in [6, 6.07) is -0.135. The van der Waals surface area contributed by atoms with Gasteiger partial charge in [0.1, 0.15) is 11.4 Å². The van der Waals surface area contributed by atoms with Crippen molar-refractivity contribution in [1.82, 2.24) is 15.5 Å². The van der Waals surface area contributed by atoms with E-state index in [0.717, 1.165) is 0 Å². The molecule has 0 atom stereocenters. The normalized spacial score (nSPS) is 25.9. The number of hydrogen-bond donors (Lipinski definition) is 3. The van der Waals surface area contributed by atoms with E-state index in [4.69, 9.17) is 5.41 Å². The Balaban J connectivity index is 2.29. The second-order valence-corrected chi connectivity index (χ2v) is 3.18. The van der Waals surface area contributed by atoms with Crippen molar-refractivity contribution in [3.05, 3.63) is 0 Å². The number of amides is 2. The summed E-state index contributed by atoms with van der Waals surface area (Å²) in [4.78, 5) is 13.0. The Bertz CT molecular complexity index is 246. The summed E-state index contributed by atoms with van der Waals surface area (Å²) in [5.41, 5.74) is -0.341. The van der Waals surface area contributed by atoms with Crippen molar-refractivity contribution in [2.24, 2.45) is 0 Å². The van der Waals surface area contributed by atoms with Crippen LogP contribution < -0.4 is 10.6 Å². The SMILES string of the molecule is CCN1C(=O)NC(=N)C12CNC2. The number of nitrogens with one attached hydrogen (secondary N) is 3. The molecular formula is C7H12N4O. The molecule has 2 aliphatic heterocycles. The molecular weight excluding hydrogens is 156 g/mol. The van der Waals surface area contributed by atoms with E-state index in [1.807, 2.05) is 6.92 Å². The largest absolute Gasteiger partial charge is 0.323 e. The molecule has 12 heavy (non-hydrogen) atoms. The van der Waals surface area contributed by atoms with E-state index < -0.39 is 0 Å². The van der Waals surface area contributed by atoms with E-state index in [-0.39, 0.29) is 11.6 Å². The van der Waals surface area contributed by atoms with Crippen molar-refractivity contribution in [2.75, 3.05) is 19.6 Å². The molecule has 0 aromatic heterocycles. The average Bonchev–Trinajstić information content (AvgIpc) is 2.19. The van der Waals surface area contributed by atoms with Crippen molar-refractivity contribution in [1.29, 1.82) is 5.41 Å². The molecule has 3 N–H and O–H groups in total. The van der Waals surface area contributed by atoms with E-state index >= 15 is 0 Å². The van der Waals surface area contributed by atoms with Gasteiger partial charge in [0.15, 0.2) is 0 Å². The summed E-state index contributed by atoms with van der Waals surface area (Å²) in [6.45, 7) is 4.00. The highest BCUT2D eigenvalue weighted by Gasteiger charge is 2.53. The highest BCUT2D eigenvalue weighted by molar-refractivity contribution is 6.09. The topological polar surface area (TPSA) is 68.2 Å². The van der Waals surface area contributed by atoms with Gasteiger partial charge in [0.25, 0.3) is 0 Å². The maximum absolute atomic E-state index is 11.3. The highest BCUT2D eigenvalue weighted by atomic mass is 16.2. The standard InChI is InChI=1S/C7H12N4O/c1-2-11-6(12)10-5(8)7(11)3-9-4-7/h9H,2-4H2,1H3,(H2,8,10,12). The van der Waals surface area contributed by atoms with Crippen molar-refractivity contribution >= 4 is 11.9 Å². The molecule has 2 saturated heterocycles. The maximum Gasteiger partial charge on any atom is 0.323 e. The first kappa shape index (κ1) is 7.54. The predicted molar refractivity (Wildman–Crippen MR) is 44.2 cm³/mol. The minimum Gasteiger partial charge on any atom is -0.311 e. The molecule has 1 spiro atoms. The van der Waals surface area contributed by atoms with Gasteiger partial charge in [0, 0.05) is 19.6 Å². The summed E-state index contributed by atoms with van der Waals surface area (Å²) < 4.78 is 0. The number of carbonyl (C=O) groups excluding carboxylic acids is 1. The van der Waals surface area contributed by atoms with Gasteiger partial charge < -0.3 is 10.2 Å². The van der Waals surface area contributed by atoms with Crippen molar-refractivity contribution in [2.45, 2.75) is 12.5 Å². The Morgan fingerprint density at radius 1 is 1.67 bits per heavy atom. The van der Waals surface area contributed by atoms with Gasteiger partial charge in [-0.2, -0.15) is 0 Å². The molecule has 0 radical (unpaired) electrons. The third kappa shape index (κ3) is 0.665. The van der Waals surface area contributed by atoms with Gasteiger partial charge in [-0.05, 0) is 6.92 Å². The molecule has 0 aromatic rings. The maximum atomic E-state index is 11.3. The third-order valence-corrected chi connectivity index (χ3v) is 2.61. The molecule has 0 bridgehead atoms. The molecule has 2 fully saturated rings. The van der Waals surface area contributed by atoms with Gasteiger partial charge in [-0.3, -0.25) is 10.7 Å². The van der Waals surface area contributed by atoms with Crippen LogP contribution in [-0.4, -0.2) is 41.9 Å². The zero-order valence-electron chi connectivity index (χ0n) is 6.98. The molecule has 66 valence electrons. The number of rotatable bonds is 1. The van der Waals surface area contributed by atoms with Crippen LogP contribution in [-0.2, 0) is 0 Å². The minimum atomic E-state index is -0.341. The molecule has 5 nitrogen and oxygen atoms in total. The van der Waals surface area contributed by atoms with Crippen LogP contribution in [0.2, 0.25) is 0 Å². The zero-order chi connectivity index (χ0) is 8.77. The molecule has 0 aromatic carbocycles. The van der Waals surface area contributed by atoms with Crippen LogP contribution in [0.5, 0.6) is 0 Å². The number of nitrogens with zero attached hydrogens (tertiary/aromatic N) is 1. The van der Waals surface area contributed by atoms with Crippen LogP contribution in [0.1, 0.15) is 6.92 Å². The summed E-state index contributed by atoms with van der Waals surface area (Å²) in [6.07, 6.45) is 0. The summed E-state index contributed by atoms with van der Waals surface area (Å²) in [5.74, 6) is 0.341. The Hall–Kier alpha value is -1.10. The van der Waals surface area contributed by atoms with E-state index in [1.165, 1.54) is 0 Å². The smallest absolute Gasteiger partial charge is 0.311 e. The monoisotopic (exact) mass is 168 g/mol. The third-order valence-electron chi connectivity index (χ3n) is 2.61. The molecule has 2 rings (SSSR count). The van der Waals surface area contributed by atoms with Gasteiger partial charge >= 0.3 is 6.03 Å². The fourth-order valence-corrected chi connectivity index (χ4v) is 1.80. The van der Waals surface area contributed by atoms with Crippen molar-refractivity contribution in [3.63, 3.8) is 0 Å². The van der Waals surface area contributed by atoms with Crippen LogP contribution in [0.25, 0.3) is 0 Å².